The molecular weight excluding hydrogens is 326 g/mol. The lowest BCUT2D eigenvalue weighted by molar-refractivity contribution is -0.140. The minimum Gasteiger partial charge on any atom is -0.381 e. The van der Waals surface area contributed by atoms with Crippen molar-refractivity contribution in [2.75, 3.05) is 26.4 Å². The molecule has 1 atom stereocenters. The Labute approximate surface area is 155 Å². The Balaban J connectivity index is 1.31. The fourth-order valence-corrected chi connectivity index (χ4v) is 3.97. The van der Waals surface area contributed by atoms with Crippen molar-refractivity contribution in [2.24, 2.45) is 0 Å². The van der Waals surface area contributed by atoms with Gasteiger partial charge in [0.25, 0.3) is 0 Å². The van der Waals surface area contributed by atoms with E-state index in [1.165, 1.54) is 0 Å². The molecular formula is C21H27N3O2. The molecule has 0 aliphatic carbocycles. The maximum atomic E-state index is 6.12. The van der Waals surface area contributed by atoms with E-state index in [0.29, 0.717) is 6.04 Å². The van der Waals surface area contributed by atoms with E-state index in [1.54, 1.807) is 0 Å². The fourth-order valence-electron chi connectivity index (χ4n) is 3.97. The van der Waals surface area contributed by atoms with Gasteiger partial charge in [0.05, 0.1) is 11.3 Å². The van der Waals surface area contributed by atoms with Gasteiger partial charge in [-0.1, -0.05) is 30.3 Å². The summed E-state index contributed by atoms with van der Waals surface area (Å²) in [5.74, 6) is 0.895. The Hall–Kier alpha value is -1.82. The predicted octanol–water partition coefficient (Wildman–Crippen LogP) is 3.00. The third-order valence-electron chi connectivity index (χ3n) is 5.45. The second-order valence-electron chi connectivity index (χ2n) is 7.26. The highest BCUT2D eigenvalue weighted by Crippen LogP contribution is 2.34. The van der Waals surface area contributed by atoms with E-state index in [0.717, 1.165) is 75.6 Å². The number of hydrogen-bond acceptors (Lipinski definition) is 5. The minimum absolute atomic E-state index is 0.0396. The van der Waals surface area contributed by atoms with E-state index in [-0.39, 0.29) is 5.60 Å². The van der Waals surface area contributed by atoms with Crippen LogP contribution >= 0.6 is 0 Å². The second-order valence-corrected chi connectivity index (χ2v) is 7.26. The van der Waals surface area contributed by atoms with Crippen LogP contribution in [0.3, 0.4) is 0 Å². The van der Waals surface area contributed by atoms with Gasteiger partial charge < -0.3 is 14.8 Å². The van der Waals surface area contributed by atoms with Crippen LogP contribution in [0.25, 0.3) is 11.3 Å². The molecule has 0 saturated carbocycles. The molecule has 138 valence electrons. The largest absolute Gasteiger partial charge is 0.381 e. The lowest BCUT2D eigenvalue weighted by Crippen LogP contribution is -2.50. The van der Waals surface area contributed by atoms with Gasteiger partial charge in [-0.3, -0.25) is 0 Å². The molecule has 2 saturated heterocycles. The standard InChI is InChI=1S/C21H27N3O2/c1-2-4-17(5-3-1)19-6-11-23-20(24-19)7-12-22-18-8-13-26-21(16-18)9-14-25-15-10-21/h1-6,11,18,22H,7-10,12-16H2/t18-/m0/s1. The van der Waals surface area contributed by atoms with Crippen LogP contribution < -0.4 is 5.32 Å². The third-order valence-corrected chi connectivity index (χ3v) is 5.45. The van der Waals surface area contributed by atoms with Gasteiger partial charge in [-0.05, 0) is 31.7 Å². The van der Waals surface area contributed by atoms with Crippen molar-refractivity contribution in [1.29, 1.82) is 0 Å². The topological polar surface area (TPSA) is 56.3 Å². The number of rotatable bonds is 5. The molecule has 0 amide bonds. The highest BCUT2D eigenvalue weighted by Gasteiger charge is 2.38. The smallest absolute Gasteiger partial charge is 0.130 e. The summed E-state index contributed by atoms with van der Waals surface area (Å²) >= 11 is 0. The summed E-state index contributed by atoms with van der Waals surface area (Å²) in [6, 6.07) is 12.7. The number of nitrogens with one attached hydrogen (secondary N) is 1. The predicted molar refractivity (Wildman–Crippen MR) is 101 cm³/mol. The van der Waals surface area contributed by atoms with Crippen molar-refractivity contribution in [1.82, 2.24) is 15.3 Å². The lowest BCUT2D eigenvalue weighted by Gasteiger charge is -2.43. The van der Waals surface area contributed by atoms with Crippen LogP contribution in [0.15, 0.2) is 42.6 Å². The molecule has 3 heterocycles. The molecule has 1 spiro atoms. The van der Waals surface area contributed by atoms with Crippen LogP contribution in [0.5, 0.6) is 0 Å². The van der Waals surface area contributed by atoms with Crippen LogP contribution in [-0.2, 0) is 15.9 Å². The first-order chi connectivity index (χ1) is 12.8. The summed E-state index contributed by atoms with van der Waals surface area (Å²) in [5.41, 5.74) is 2.16. The summed E-state index contributed by atoms with van der Waals surface area (Å²) in [6.45, 7) is 3.40. The molecule has 2 aromatic rings. The summed E-state index contributed by atoms with van der Waals surface area (Å²) in [4.78, 5) is 9.16. The summed E-state index contributed by atoms with van der Waals surface area (Å²) < 4.78 is 11.6. The first kappa shape index (κ1) is 17.6. The lowest BCUT2D eigenvalue weighted by atomic mass is 9.84. The van der Waals surface area contributed by atoms with Crippen molar-refractivity contribution in [3.05, 3.63) is 48.4 Å². The van der Waals surface area contributed by atoms with E-state index >= 15 is 0 Å². The Morgan fingerprint density at radius 1 is 1.08 bits per heavy atom. The number of nitrogens with zero attached hydrogens (tertiary/aromatic N) is 2. The van der Waals surface area contributed by atoms with E-state index in [4.69, 9.17) is 14.5 Å². The second kappa shape index (κ2) is 8.25. The molecule has 2 aliphatic rings. The maximum Gasteiger partial charge on any atom is 0.130 e. The van der Waals surface area contributed by atoms with Crippen LogP contribution in [0, 0.1) is 0 Å². The van der Waals surface area contributed by atoms with Crippen molar-refractivity contribution in [3.8, 4) is 11.3 Å². The fraction of sp³-hybridized carbons (Fsp3) is 0.524. The zero-order valence-electron chi connectivity index (χ0n) is 15.2. The molecule has 0 bridgehead atoms. The normalized spacial score (nSPS) is 22.4. The van der Waals surface area contributed by atoms with Crippen molar-refractivity contribution >= 4 is 0 Å². The molecule has 0 radical (unpaired) electrons. The SMILES string of the molecule is c1ccc(-c2ccnc(CCN[C@H]3CCOC4(CCOCC4)C3)n2)cc1. The van der Waals surface area contributed by atoms with Gasteiger partial charge in [0, 0.05) is 50.6 Å². The third kappa shape index (κ3) is 4.29. The summed E-state index contributed by atoms with van der Waals surface area (Å²) in [5, 5.41) is 3.70. The Morgan fingerprint density at radius 3 is 2.77 bits per heavy atom. The van der Waals surface area contributed by atoms with Gasteiger partial charge in [0.1, 0.15) is 5.82 Å². The van der Waals surface area contributed by atoms with Crippen molar-refractivity contribution in [2.45, 2.75) is 43.7 Å². The number of aromatic nitrogens is 2. The van der Waals surface area contributed by atoms with Crippen molar-refractivity contribution in [3.63, 3.8) is 0 Å². The highest BCUT2D eigenvalue weighted by molar-refractivity contribution is 5.58. The molecule has 2 aliphatic heterocycles. The zero-order valence-corrected chi connectivity index (χ0v) is 15.2. The summed E-state index contributed by atoms with van der Waals surface area (Å²) in [6.07, 6.45) is 6.90. The van der Waals surface area contributed by atoms with Gasteiger partial charge in [-0.15, -0.1) is 0 Å². The first-order valence-electron chi connectivity index (χ1n) is 9.65. The number of benzene rings is 1. The highest BCUT2D eigenvalue weighted by atomic mass is 16.5. The zero-order chi connectivity index (χ0) is 17.7. The average Bonchev–Trinajstić information content (AvgIpc) is 2.70. The van der Waals surface area contributed by atoms with Crippen LogP contribution in [0.4, 0.5) is 0 Å². The van der Waals surface area contributed by atoms with Crippen molar-refractivity contribution < 1.29 is 9.47 Å². The maximum absolute atomic E-state index is 6.12. The average molecular weight is 353 g/mol. The van der Waals surface area contributed by atoms with E-state index in [2.05, 4.69) is 22.4 Å². The van der Waals surface area contributed by atoms with Crippen LogP contribution in [0.1, 0.15) is 31.5 Å². The Morgan fingerprint density at radius 2 is 1.92 bits per heavy atom. The molecule has 26 heavy (non-hydrogen) atoms. The molecule has 0 unspecified atom stereocenters. The number of ether oxygens (including phenoxy) is 2. The first-order valence-corrected chi connectivity index (χ1v) is 9.65. The molecule has 1 N–H and O–H groups in total. The molecule has 4 rings (SSSR count). The van der Waals surface area contributed by atoms with Gasteiger partial charge >= 0.3 is 0 Å². The Kier molecular flexibility index (Phi) is 5.58. The van der Waals surface area contributed by atoms with Gasteiger partial charge in [-0.2, -0.15) is 0 Å². The van der Waals surface area contributed by atoms with E-state index in [1.807, 2.05) is 30.5 Å². The van der Waals surface area contributed by atoms with Gasteiger partial charge in [0.15, 0.2) is 0 Å². The number of hydrogen-bond donors (Lipinski definition) is 1. The summed E-state index contributed by atoms with van der Waals surface area (Å²) in [7, 11) is 0. The van der Waals surface area contributed by atoms with Gasteiger partial charge in [0.2, 0.25) is 0 Å². The van der Waals surface area contributed by atoms with Gasteiger partial charge in [-0.25, -0.2) is 9.97 Å². The van der Waals surface area contributed by atoms with Crippen LogP contribution in [0.2, 0.25) is 0 Å². The van der Waals surface area contributed by atoms with E-state index < -0.39 is 0 Å². The minimum atomic E-state index is 0.0396. The molecule has 1 aromatic carbocycles. The Bertz CT molecular complexity index is 696. The molecule has 5 heteroatoms. The molecule has 1 aromatic heterocycles. The van der Waals surface area contributed by atoms with E-state index in [9.17, 15) is 0 Å². The monoisotopic (exact) mass is 353 g/mol. The molecule has 2 fully saturated rings. The quantitative estimate of drug-likeness (QED) is 0.895. The van der Waals surface area contributed by atoms with Crippen LogP contribution in [-0.4, -0.2) is 48.0 Å². The molecule has 5 nitrogen and oxygen atoms in total.